The first-order valence-electron chi connectivity index (χ1n) is 11.5. The summed E-state index contributed by atoms with van der Waals surface area (Å²) in [5, 5.41) is 21.3. The van der Waals surface area contributed by atoms with Gasteiger partial charge >= 0.3 is 5.97 Å². The summed E-state index contributed by atoms with van der Waals surface area (Å²) in [6.45, 7) is 7.44. The fourth-order valence-electron chi connectivity index (χ4n) is 7.99. The molecule has 4 aliphatic carbocycles. The lowest BCUT2D eigenvalue weighted by molar-refractivity contribution is -0.199. The first kappa shape index (κ1) is 21.3. The zero-order chi connectivity index (χ0) is 21.0. The van der Waals surface area contributed by atoms with E-state index in [0.29, 0.717) is 30.3 Å². The minimum Gasteiger partial charge on any atom is -0.479 e. The van der Waals surface area contributed by atoms with Crippen molar-refractivity contribution in [3.63, 3.8) is 0 Å². The van der Waals surface area contributed by atoms with Crippen LogP contribution in [0.4, 0.5) is 0 Å². The number of carbonyl (C=O) groups is 1. The lowest BCUT2D eigenvalue weighted by atomic mass is 9.46. The maximum Gasteiger partial charge on any atom is 0.335 e. The molecule has 4 aliphatic rings. The normalized spacial score (nSPS) is 47.6. The van der Waals surface area contributed by atoms with Gasteiger partial charge < -0.3 is 19.7 Å². The molecule has 0 radical (unpaired) electrons. The quantitative estimate of drug-likeness (QED) is 0.670. The van der Waals surface area contributed by atoms with E-state index in [1.54, 1.807) is 5.57 Å². The third-order valence-electron chi connectivity index (χ3n) is 9.57. The smallest absolute Gasteiger partial charge is 0.335 e. The van der Waals surface area contributed by atoms with Crippen molar-refractivity contribution in [3.05, 3.63) is 11.6 Å². The molecule has 0 aromatic rings. The number of allylic oxidation sites excluding steroid dienone is 1. The van der Waals surface area contributed by atoms with Crippen LogP contribution in [0.15, 0.2) is 11.6 Å². The van der Waals surface area contributed by atoms with Gasteiger partial charge in [-0.3, -0.25) is 0 Å². The minimum absolute atomic E-state index is 0.228. The number of fused-ring (bicyclic) bond motifs is 5. The summed E-state index contributed by atoms with van der Waals surface area (Å²) in [7, 11) is 1.41. The summed E-state index contributed by atoms with van der Waals surface area (Å²) in [5.74, 6) is 0.441. The van der Waals surface area contributed by atoms with Crippen molar-refractivity contribution in [3.8, 4) is 0 Å². The van der Waals surface area contributed by atoms with Gasteiger partial charge in [0.05, 0.1) is 6.10 Å². The molecule has 5 nitrogen and oxygen atoms in total. The Morgan fingerprint density at radius 3 is 2.59 bits per heavy atom. The second kappa shape index (κ2) is 7.35. The van der Waals surface area contributed by atoms with Crippen LogP contribution in [0, 0.1) is 28.6 Å². The van der Waals surface area contributed by atoms with Crippen LogP contribution in [0.3, 0.4) is 0 Å². The molecule has 0 heterocycles. The lowest BCUT2D eigenvalue weighted by Crippen LogP contribution is -2.60. The zero-order valence-electron chi connectivity index (χ0n) is 18.4. The minimum atomic E-state index is -1.29. The molecule has 3 fully saturated rings. The van der Waals surface area contributed by atoms with E-state index in [2.05, 4.69) is 26.8 Å². The summed E-state index contributed by atoms with van der Waals surface area (Å²) in [6.07, 6.45) is 9.43. The van der Waals surface area contributed by atoms with E-state index in [-0.39, 0.29) is 5.41 Å². The van der Waals surface area contributed by atoms with Gasteiger partial charge in [0.1, 0.15) is 5.60 Å². The third-order valence-corrected chi connectivity index (χ3v) is 9.57. The fraction of sp³-hybridized carbons (Fsp3) is 0.875. The number of methoxy groups -OCH3 is 1. The van der Waals surface area contributed by atoms with Crippen molar-refractivity contribution in [2.24, 2.45) is 28.6 Å². The second-order valence-corrected chi connectivity index (χ2v) is 10.5. The van der Waals surface area contributed by atoms with E-state index in [0.717, 1.165) is 45.1 Å². The van der Waals surface area contributed by atoms with Gasteiger partial charge in [-0.2, -0.15) is 0 Å². The Morgan fingerprint density at radius 2 is 1.93 bits per heavy atom. The molecule has 5 heteroatoms. The summed E-state index contributed by atoms with van der Waals surface area (Å²) in [6, 6.07) is 0. The van der Waals surface area contributed by atoms with E-state index in [1.165, 1.54) is 13.5 Å². The van der Waals surface area contributed by atoms with E-state index in [1.807, 2.05) is 0 Å². The molecule has 8 atom stereocenters. The fourth-order valence-corrected chi connectivity index (χ4v) is 7.99. The molecule has 4 rings (SSSR count). The molecule has 29 heavy (non-hydrogen) atoms. The van der Waals surface area contributed by atoms with E-state index < -0.39 is 23.1 Å². The van der Waals surface area contributed by atoms with Crippen LogP contribution < -0.4 is 0 Å². The van der Waals surface area contributed by atoms with Gasteiger partial charge in [-0.15, -0.1) is 0 Å². The Morgan fingerprint density at radius 1 is 1.21 bits per heavy atom. The van der Waals surface area contributed by atoms with Gasteiger partial charge in [0.2, 0.25) is 0 Å². The van der Waals surface area contributed by atoms with Gasteiger partial charge in [-0.1, -0.05) is 25.5 Å². The largest absolute Gasteiger partial charge is 0.479 e. The van der Waals surface area contributed by atoms with Crippen LogP contribution in [0.1, 0.15) is 72.1 Å². The van der Waals surface area contributed by atoms with Crippen molar-refractivity contribution in [2.45, 2.75) is 89.9 Å². The molecular formula is C24H38O5. The molecule has 0 aliphatic heterocycles. The number of carboxylic acids is 1. The van der Waals surface area contributed by atoms with Crippen LogP contribution >= 0.6 is 0 Å². The molecule has 0 saturated heterocycles. The number of carboxylic acid groups (broad SMARTS) is 1. The molecule has 0 spiro atoms. The lowest BCUT2D eigenvalue weighted by Gasteiger charge is -2.59. The molecule has 0 unspecified atom stereocenters. The van der Waals surface area contributed by atoms with Crippen molar-refractivity contribution >= 4 is 5.97 Å². The molecule has 0 aromatic carbocycles. The Hall–Kier alpha value is -0.910. The Labute approximate surface area is 174 Å². The molecule has 0 bridgehead atoms. The molecule has 2 N–H and O–H groups in total. The van der Waals surface area contributed by atoms with Crippen LogP contribution in [0.2, 0.25) is 0 Å². The van der Waals surface area contributed by atoms with E-state index in [4.69, 9.17) is 9.47 Å². The number of aliphatic hydroxyl groups is 1. The number of rotatable bonds is 5. The first-order chi connectivity index (χ1) is 13.7. The predicted molar refractivity (Wildman–Crippen MR) is 110 cm³/mol. The molecule has 3 saturated carbocycles. The standard InChI is InChI=1S/C24H38O5/c1-5-29-16-8-11-22(2)15(14-16)6-7-17-18(22)9-12-23(3)19(17)10-13-24(23,27)20(28-4)21(25)26/h6,16-20,27H,5,7-14H2,1-4H3,(H,25,26)/t16-,17+,18-,19-,20-,22-,23-,24+/m0/s1. The van der Waals surface area contributed by atoms with Gasteiger partial charge in [0.25, 0.3) is 0 Å². The van der Waals surface area contributed by atoms with Crippen LogP contribution in [-0.2, 0) is 14.3 Å². The highest BCUT2D eigenvalue weighted by molar-refractivity contribution is 5.74. The molecular weight excluding hydrogens is 368 g/mol. The summed E-state index contributed by atoms with van der Waals surface area (Å²) in [5.41, 5.74) is 0.116. The number of hydrogen-bond acceptors (Lipinski definition) is 4. The van der Waals surface area contributed by atoms with E-state index in [9.17, 15) is 15.0 Å². The van der Waals surface area contributed by atoms with Crippen molar-refractivity contribution in [1.82, 2.24) is 0 Å². The van der Waals surface area contributed by atoms with Crippen molar-refractivity contribution in [1.29, 1.82) is 0 Å². The van der Waals surface area contributed by atoms with Crippen molar-refractivity contribution < 1.29 is 24.5 Å². The van der Waals surface area contributed by atoms with E-state index >= 15 is 0 Å². The topological polar surface area (TPSA) is 76.0 Å². The highest BCUT2D eigenvalue weighted by atomic mass is 16.5. The number of aliphatic carboxylic acids is 1. The van der Waals surface area contributed by atoms with Gasteiger partial charge in [-0.25, -0.2) is 4.79 Å². The predicted octanol–water partition coefficient (Wildman–Crippen LogP) is 4.19. The molecule has 164 valence electrons. The van der Waals surface area contributed by atoms with Crippen LogP contribution in [0.25, 0.3) is 0 Å². The average molecular weight is 407 g/mol. The Kier molecular flexibility index (Phi) is 5.40. The van der Waals surface area contributed by atoms with Gasteiger partial charge in [0.15, 0.2) is 6.10 Å². The molecule has 0 amide bonds. The Balaban J connectivity index is 1.62. The summed E-state index contributed by atoms with van der Waals surface area (Å²) >= 11 is 0. The first-order valence-corrected chi connectivity index (χ1v) is 11.5. The highest BCUT2D eigenvalue weighted by Crippen LogP contribution is 2.67. The number of hydrogen-bond donors (Lipinski definition) is 2. The summed E-state index contributed by atoms with van der Waals surface area (Å²) in [4.78, 5) is 11.8. The maximum atomic E-state index is 11.8. The maximum absolute atomic E-state index is 11.8. The number of ether oxygens (including phenoxy) is 2. The average Bonchev–Trinajstić information content (AvgIpc) is 2.94. The zero-order valence-corrected chi connectivity index (χ0v) is 18.4. The van der Waals surface area contributed by atoms with Crippen molar-refractivity contribution in [2.75, 3.05) is 13.7 Å². The second-order valence-electron chi connectivity index (χ2n) is 10.5. The highest BCUT2D eigenvalue weighted by Gasteiger charge is 2.67. The van der Waals surface area contributed by atoms with Crippen LogP contribution in [-0.4, -0.2) is 47.7 Å². The molecule has 0 aromatic heterocycles. The van der Waals surface area contributed by atoms with Crippen LogP contribution in [0.5, 0.6) is 0 Å². The van der Waals surface area contributed by atoms with Gasteiger partial charge in [-0.05, 0) is 81.5 Å². The summed E-state index contributed by atoms with van der Waals surface area (Å²) < 4.78 is 11.3. The monoisotopic (exact) mass is 406 g/mol. The SMILES string of the molecule is CCO[C@H]1CC[C@@]2(C)C(=CC[C@@H]3[C@@H]2CC[C@@]2(C)[C@H]3CC[C@@]2(O)[C@@H](OC)C(=O)O)C1. The van der Waals surface area contributed by atoms with Gasteiger partial charge in [0, 0.05) is 19.1 Å². The third kappa shape index (κ3) is 2.95. The Bertz CT molecular complexity index is 689.